The lowest BCUT2D eigenvalue weighted by Crippen LogP contribution is -2.00. The molecule has 1 aromatic heterocycles. The first-order valence-corrected chi connectivity index (χ1v) is 4.18. The highest BCUT2D eigenvalue weighted by Gasteiger charge is 2.18. The topological polar surface area (TPSA) is 36.7 Å². The minimum Gasteiger partial charge on any atom is -0.233 e. The molecule has 13 heavy (non-hydrogen) atoms. The Morgan fingerprint density at radius 2 is 2.15 bits per heavy atom. The number of nitriles is 1. The minimum atomic E-state index is -3.00. The standard InChI is InChI=1S/C7H2F3IN2/c8-5-4(11)1-3(2-12)13-6(5)7(9)10/h1,7H. The van der Waals surface area contributed by atoms with Crippen LogP contribution in [0.1, 0.15) is 17.8 Å². The molecule has 0 aliphatic carbocycles. The smallest absolute Gasteiger partial charge is 0.233 e. The summed E-state index contributed by atoms with van der Waals surface area (Å²) in [5.41, 5.74) is -1.18. The Hall–Kier alpha value is -0.840. The fourth-order valence-electron chi connectivity index (χ4n) is 0.719. The van der Waals surface area contributed by atoms with Gasteiger partial charge in [-0.05, 0) is 28.7 Å². The van der Waals surface area contributed by atoms with Gasteiger partial charge in [-0.15, -0.1) is 0 Å². The number of rotatable bonds is 1. The molecule has 0 atom stereocenters. The zero-order chi connectivity index (χ0) is 10.0. The predicted molar refractivity (Wildman–Crippen MR) is 46.6 cm³/mol. The number of pyridine rings is 1. The minimum absolute atomic E-state index is 0.0283. The van der Waals surface area contributed by atoms with E-state index in [1.165, 1.54) is 22.6 Å². The highest BCUT2D eigenvalue weighted by atomic mass is 127. The molecule has 0 saturated carbocycles. The first-order chi connectivity index (χ1) is 6.06. The maximum absolute atomic E-state index is 12.9. The van der Waals surface area contributed by atoms with Gasteiger partial charge in [-0.1, -0.05) is 0 Å². The molecule has 0 unspecified atom stereocenters. The second-order valence-electron chi connectivity index (χ2n) is 2.10. The molecule has 0 amide bonds. The molecule has 0 aliphatic rings. The van der Waals surface area contributed by atoms with E-state index in [0.717, 1.165) is 6.07 Å². The molecule has 0 bridgehead atoms. The summed E-state index contributed by atoms with van der Waals surface area (Å²) in [5, 5.41) is 8.38. The van der Waals surface area contributed by atoms with E-state index in [9.17, 15) is 13.2 Å². The molecule has 0 N–H and O–H groups in total. The van der Waals surface area contributed by atoms with Crippen molar-refractivity contribution in [1.82, 2.24) is 4.98 Å². The summed E-state index contributed by atoms with van der Waals surface area (Å²) in [6.45, 7) is 0. The lowest BCUT2D eigenvalue weighted by atomic mass is 10.3. The molecule has 0 fully saturated rings. The van der Waals surface area contributed by atoms with Crippen molar-refractivity contribution in [3.8, 4) is 6.07 Å². The van der Waals surface area contributed by atoms with Crippen molar-refractivity contribution in [2.75, 3.05) is 0 Å². The van der Waals surface area contributed by atoms with Crippen LogP contribution < -0.4 is 0 Å². The van der Waals surface area contributed by atoms with Gasteiger partial charge < -0.3 is 0 Å². The third-order valence-corrected chi connectivity index (χ3v) is 2.05. The van der Waals surface area contributed by atoms with Crippen LogP contribution in [0.5, 0.6) is 0 Å². The summed E-state index contributed by atoms with van der Waals surface area (Å²) in [6, 6.07) is 2.69. The maximum Gasteiger partial charge on any atom is 0.283 e. The molecule has 2 nitrogen and oxygen atoms in total. The van der Waals surface area contributed by atoms with Crippen molar-refractivity contribution in [3.05, 3.63) is 26.8 Å². The fourth-order valence-corrected chi connectivity index (χ4v) is 1.29. The van der Waals surface area contributed by atoms with Gasteiger partial charge >= 0.3 is 0 Å². The van der Waals surface area contributed by atoms with E-state index in [0.29, 0.717) is 0 Å². The first-order valence-electron chi connectivity index (χ1n) is 3.10. The Morgan fingerprint density at radius 3 is 2.62 bits per heavy atom. The van der Waals surface area contributed by atoms with Crippen molar-refractivity contribution in [1.29, 1.82) is 5.26 Å². The zero-order valence-corrected chi connectivity index (χ0v) is 8.22. The molecule has 0 spiro atoms. The summed E-state index contributed by atoms with van der Waals surface area (Å²) < 4.78 is 37.1. The monoisotopic (exact) mass is 298 g/mol. The molecular formula is C7H2F3IN2. The normalized spacial score (nSPS) is 10.2. The Bertz CT molecular complexity index is 373. The van der Waals surface area contributed by atoms with E-state index in [1.54, 1.807) is 6.07 Å². The predicted octanol–water partition coefficient (Wildman–Crippen LogP) is 2.63. The first kappa shape index (κ1) is 10.2. The summed E-state index contributed by atoms with van der Waals surface area (Å²) >= 11 is 1.53. The van der Waals surface area contributed by atoms with Crippen molar-refractivity contribution in [2.24, 2.45) is 0 Å². The van der Waals surface area contributed by atoms with Crippen LogP contribution in [0.15, 0.2) is 6.07 Å². The largest absolute Gasteiger partial charge is 0.283 e. The third-order valence-electron chi connectivity index (χ3n) is 1.26. The van der Waals surface area contributed by atoms with Gasteiger partial charge in [0.25, 0.3) is 6.43 Å². The molecular weight excluding hydrogens is 296 g/mol. The van der Waals surface area contributed by atoms with Gasteiger partial charge in [0.1, 0.15) is 17.5 Å². The van der Waals surface area contributed by atoms with Crippen LogP contribution in [0.3, 0.4) is 0 Å². The van der Waals surface area contributed by atoms with E-state index in [-0.39, 0.29) is 9.26 Å². The van der Waals surface area contributed by atoms with E-state index in [1.807, 2.05) is 0 Å². The number of nitrogens with zero attached hydrogens (tertiary/aromatic N) is 2. The highest BCUT2D eigenvalue weighted by Crippen LogP contribution is 2.23. The molecule has 1 heterocycles. The van der Waals surface area contributed by atoms with Gasteiger partial charge in [-0.2, -0.15) is 5.26 Å². The van der Waals surface area contributed by atoms with Crippen LogP contribution in [0.2, 0.25) is 0 Å². The average molecular weight is 298 g/mol. The fraction of sp³-hybridized carbons (Fsp3) is 0.143. The summed E-state index contributed by atoms with van der Waals surface area (Å²) in [6.07, 6.45) is -3.00. The van der Waals surface area contributed by atoms with Gasteiger partial charge in [-0.3, -0.25) is 0 Å². The van der Waals surface area contributed by atoms with E-state index < -0.39 is 17.9 Å². The average Bonchev–Trinajstić information content (AvgIpc) is 2.09. The number of alkyl halides is 2. The molecule has 0 radical (unpaired) electrons. The van der Waals surface area contributed by atoms with Crippen LogP contribution in [0, 0.1) is 20.7 Å². The highest BCUT2D eigenvalue weighted by molar-refractivity contribution is 14.1. The second-order valence-corrected chi connectivity index (χ2v) is 3.26. The second kappa shape index (κ2) is 3.91. The Labute approximate surface area is 85.5 Å². The quantitative estimate of drug-likeness (QED) is 0.747. The molecule has 68 valence electrons. The summed E-state index contributed by atoms with van der Waals surface area (Å²) in [7, 11) is 0. The lowest BCUT2D eigenvalue weighted by molar-refractivity contribution is 0.140. The zero-order valence-electron chi connectivity index (χ0n) is 6.06. The number of aromatic nitrogens is 1. The van der Waals surface area contributed by atoms with Crippen LogP contribution in [0.25, 0.3) is 0 Å². The van der Waals surface area contributed by atoms with Crippen LogP contribution in [-0.2, 0) is 0 Å². The van der Waals surface area contributed by atoms with Crippen molar-refractivity contribution < 1.29 is 13.2 Å². The van der Waals surface area contributed by atoms with Crippen LogP contribution in [0.4, 0.5) is 13.2 Å². The lowest BCUT2D eigenvalue weighted by Gasteiger charge is -2.02. The van der Waals surface area contributed by atoms with Crippen molar-refractivity contribution >= 4 is 22.6 Å². The summed E-state index contributed by atoms with van der Waals surface area (Å²) in [4.78, 5) is 3.16. The number of halogens is 4. The molecule has 1 aromatic rings. The Kier molecular flexibility index (Phi) is 3.08. The van der Waals surface area contributed by atoms with E-state index in [2.05, 4.69) is 4.98 Å². The molecule has 0 aliphatic heterocycles. The van der Waals surface area contributed by atoms with Gasteiger partial charge in [0.15, 0.2) is 5.82 Å². The molecule has 0 saturated heterocycles. The van der Waals surface area contributed by atoms with E-state index in [4.69, 9.17) is 5.26 Å². The van der Waals surface area contributed by atoms with Crippen molar-refractivity contribution in [2.45, 2.75) is 6.43 Å². The molecule has 1 rings (SSSR count). The van der Waals surface area contributed by atoms with Gasteiger partial charge in [-0.25, -0.2) is 18.2 Å². The van der Waals surface area contributed by atoms with Gasteiger partial charge in [0.05, 0.1) is 3.57 Å². The maximum atomic E-state index is 12.9. The third kappa shape index (κ3) is 2.09. The Morgan fingerprint density at radius 1 is 1.54 bits per heavy atom. The summed E-state index contributed by atoms with van der Waals surface area (Å²) in [5.74, 6) is -1.06. The van der Waals surface area contributed by atoms with Gasteiger partial charge in [0, 0.05) is 0 Å². The molecule has 0 aromatic carbocycles. The van der Waals surface area contributed by atoms with Crippen molar-refractivity contribution in [3.63, 3.8) is 0 Å². The Balaban J connectivity index is 3.35. The molecule has 6 heteroatoms. The number of hydrogen-bond donors (Lipinski definition) is 0. The van der Waals surface area contributed by atoms with Crippen LogP contribution >= 0.6 is 22.6 Å². The SMILES string of the molecule is N#Cc1cc(I)c(F)c(C(F)F)n1. The van der Waals surface area contributed by atoms with E-state index >= 15 is 0 Å². The van der Waals surface area contributed by atoms with Crippen LogP contribution in [-0.4, -0.2) is 4.98 Å². The van der Waals surface area contributed by atoms with Gasteiger partial charge in [0.2, 0.25) is 0 Å². The number of hydrogen-bond acceptors (Lipinski definition) is 2.